The van der Waals surface area contributed by atoms with Crippen molar-refractivity contribution in [3.8, 4) is 11.5 Å². The van der Waals surface area contributed by atoms with Crippen LogP contribution in [0.4, 0.5) is 11.4 Å². The molecule has 0 unspecified atom stereocenters. The number of rotatable bonds is 3. The van der Waals surface area contributed by atoms with Crippen LogP contribution in [-0.4, -0.2) is 21.9 Å². The van der Waals surface area contributed by atoms with E-state index < -0.39 is 4.92 Å². The minimum atomic E-state index is -0.492. The Morgan fingerprint density at radius 1 is 1.15 bits per heavy atom. The van der Waals surface area contributed by atoms with Gasteiger partial charge in [0.1, 0.15) is 0 Å². The van der Waals surface area contributed by atoms with Gasteiger partial charge in [0.15, 0.2) is 15.8 Å². The van der Waals surface area contributed by atoms with E-state index in [-0.39, 0.29) is 18.4 Å². The predicted octanol–water partition coefficient (Wildman–Crippen LogP) is 3.73. The van der Waals surface area contributed by atoms with Crippen molar-refractivity contribution < 1.29 is 19.2 Å². The van der Waals surface area contributed by atoms with Crippen LogP contribution in [0, 0.1) is 10.1 Å². The molecule has 2 aliphatic heterocycles. The van der Waals surface area contributed by atoms with Crippen LogP contribution in [0.1, 0.15) is 5.56 Å². The van der Waals surface area contributed by atoms with Crippen LogP contribution >= 0.6 is 24.0 Å². The van der Waals surface area contributed by atoms with Gasteiger partial charge in [-0.05, 0) is 35.9 Å². The lowest BCUT2D eigenvalue weighted by atomic mass is 10.2. The predicted molar refractivity (Wildman–Crippen MR) is 101 cm³/mol. The fourth-order valence-corrected chi connectivity index (χ4v) is 3.87. The van der Waals surface area contributed by atoms with Gasteiger partial charge in [0.05, 0.1) is 15.5 Å². The van der Waals surface area contributed by atoms with Crippen molar-refractivity contribution >= 4 is 51.7 Å². The Kier molecular flexibility index (Phi) is 4.09. The fourth-order valence-electron chi connectivity index (χ4n) is 2.57. The van der Waals surface area contributed by atoms with Gasteiger partial charge in [0, 0.05) is 12.1 Å². The minimum absolute atomic E-state index is 0.0462. The summed E-state index contributed by atoms with van der Waals surface area (Å²) in [6, 6.07) is 11.1. The number of carbonyl (C=O) groups is 1. The molecule has 0 aliphatic carbocycles. The molecule has 0 saturated carbocycles. The second kappa shape index (κ2) is 6.43. The second-order valence-electron chi connectivity index (χ2n) is 5.40. The lowest BCUT2D eigenvalue weighted by Gasteiger charge is -2.13. The molecule has 7 nitrogen and oxygen atoms in total. The van der Waals surface area contributed by atoms with E-state index in [1.54, 1.807) is 18.2 Å². The summed E-state index contributed by atoms with van der Waals surface area (Å²) in [5.41, 5.74) is 1.24. The number of carbonyl (C=O) groups excluding carboxylic acids is 1. The maximum Gasteiger partial charge on any atom is 0.270 e. The first kappa shape index (κ1) is 16.6. The van der Waals surface area contributed by atoms with Crippen molar-refractivity contribution in [2.45, 2.75) is 0 Å². The van der Waals surface area contributed by atoms with Gasteiger partial charge in [-0.2, -0.15) is 0 Å². The fraction of sp³-hybridized carbons (Fsp3) is 0.0588. The van der Waals surface area contributed by atoms with Crippen LogP contribution in [0.25, 0.3) is 6.08 Å². The summed E-state index contributed by atoms with van der Waals surface area (Å²) in [5, 5.41) is 10.8. The summed E-state index contributed by atoms with van der Waals surface area (Å²) >= 11 is 6.48. The average molecular weight is 386 g/mol. The van der Waals surface area contributed by atoms with Gasteiger partial charge in [-0.1, -0.05) is 30.0 Å². The maximum atomic E-state index is 12.7. The number of hydrogen-bond donors (Lipinski definition) is 0. The van der Waals surface area contributed by atoms with Crippen molar-refractivity contribution in [2.24, 2.45) is 0 Å². The Hall–Kier alpha value is -2.91. The largest absolute Gasteiger partial charge is 0.454 e. The van der Waals surface area contributed by atoms with Crippen LogP contribution < -0.4 is 14.4 Å². The number of anilines is 1. The molecule has 0 bridgehead atoms. The molecule has 2 aromatic carbocycles. The smallest absolute Gasteiger partial charge is 0.270 e. The zero-order chi connectivity index (χ0) is 18.3. The van der Waals surface area contributed by atoms with E-state index in [9.17, 15) is 14.9 Å². The van der Waals surface area contributed by atoms with Crippen molar-refractivity contribution in [1.29, 1.82) is 0 Å². The third-order valence-electron chi connectivity index (χ3n) is 3.81. The molecule has 1 amide bonds. The van der Waals surface area contributed by atoms with E-state index >= 15 is 0 Å². The van der Waals surface area contributed by atoms with Gasteiger partial charge in [-0.15, -0.1) is 0 Å². The molecule has 26 heavy (non-hydrogen) atoms. The Balaban J connectivity index is 1.61. The molecule has 2 heterocycles. The third-order valence-corrected chi connectivity index (χ3v) is 5.11. The Morgan fingerprint density at radius 3 is 2.62 bits per heavy atom. The molecule has 1 fully saturated rings. The lowest BCUT2D eigenvalue weighted by molar-refractivity contribution is -0.384. The van der Waals surface area contributed by atoms with Crippen LogP contribution in [-0.2, 0) is 4.79 Å². The molecule has 9 heteroatoms. The number of thioether (sulfide) groups is 1. The number of amides is 1. The number of nitro groups is 1. The van der Waals surface area contributed by atoms with E-state index in [0.29, 0.717) is 26.4 Å². The quantitative estimate of drug-likeness (QED) is 0.344. The molecular weight excluding hydrogens is 376 g/mol. The monoisotopic (exact) mass is 386 g/mol. The highest BCUT2D eigenvalue weighted by atomic mass is 32.2. The van der Waals surface area contributed by atoms with Crippen LogP contribution in [0.15, 0.2) is 47.4 Å². The third kappa shape index (κ3) is 2.91. The van der Waals surface area contributed by atoms with Crippen molar-refractivity contribution in [3.05, 3.63) is 63.0 Å². The molecule has 0 atom stereocenters. The van der Waals surface area contributed by atoms with Crippen LogP contribution in [0.3, 0.4) is 0 Å². The molecule has 0 aromatic heterocycles. The highest BCUT2D eigenvalue weighted by molar-refractivity contribution is 8.27. The summed E-state index contributed by atoms with van der Waals surface area (Å²) in [7, 11) is 0. The van der Waals surface area contributed by atoms with Crippen molar-refractivity contribution in [2.75, 3.05) is 11.7 Å². The molecule has 130 valence electrons. The summed E-state index contributed by atoms with van der Waals surface area (Å²) in [4.78, 5) is 24.8. The van der Waals surface area contributed by atoms with Crippen molar-refractivity contribution in [1.82, 2.24) is 0 Å². The van der Waals surface area contributed by atoms with Gasteiger partial charge in [0.2, 0.25) is 6.79 Å². The molecule has 2 aromatic rings. The second-order valence-corrected chi connectivity index (χ2v) is 7.08. The molecule has 2 aliphatic rings. The van der Waals surface area contributed by atoms with Gasteiger partial charge < -0.3 is 9.47 Å². The molecule has 4 rings (SSSR count). The average Bonchev–Trinajstić information content (AvgIpc) is 3.19. The standard InChI is InChI=1S/C17H10N2O5S2/c20-16-15(8-10-1-6-13-14(7-10)24-9-23-13)26-17(25)18(16)11-2-4-12(5-3-11)19(21)22/h1-8H,9H2/b15-8+. The Morgan fingerprint density at radius 2 is 1.88 bits per heavy atom. The summed E-state index contributed by atoms with van der Waals surface area (Å²) < 4.78 is 11.0. The first-order valence-corrected chi connectivity index (χ1v) is 8.67. The van der Waals surface area contributed by atoms with E-state index in [2.05, 4.69) is 0 Å². The lowest BCUT2D eigenvalue weighted by Crippen LogP contribution is -2.27. The van der Waals surface area contributed by atoms with Gasteiger partial charge in [-0.25, -0.2) is 0 Å². The van der Waals surface area contributed by atoms with Gasteiger partial charge in [-0.3, -0.25) is 19.8 Å². The molecule has 1 saturated heterocycles. The van der Waals surface area contributed by atoms with Crippen molar-refractivity contribution in [3.63, 3.8) is 0 Å². The van der Waals surface area contributed by atoms with E-state index in [0.717, 1.165) is 5.56 Å². The zero-order valence-electron chi connectivity index (χ0n) is 13.1. The summed E-state index contributed by atoms with van der Waals surface area (Å²) in [6.45, 7) is 0.182. The SMILES string of the molecule is O=C1/C(=C\c2ccc3c(c2)OCO3)SC(=S)N1c1ccc([N+](=O)[O-])cc1. The van der Waals surface area contributed by atoms with Gasteiger partial charge >= 0.3 is 0 Å². The summed E-state index contributed by atoms with van der Waals surface area (Å²) in [6.07, 6.45) is 1.73. The molecule has 0 spiro atoms. The number of hydrogen-bond acceptors (Lipinski definition) is 7. The topological polar surface area (TPSA) is 81.9 Å². The Bertz CT molecular complexity index is 972. The van der Waals surface area contributed by atoms with E-state index in [4.69, 9.17) is 21.7 Å². The van der Waals surface area contributed by atoms with E-state index in [1.165, 1.54) is 40.9 Å². The first-order valence-electron chi connectivity index (χ1n) is 7.45. The number of nitro benzene ring substituents is 1. The zero-order valence-corrected chi connectivity index (χ0v) is 14.7. The Labute approximate surface area is 157 Å². The number of ether oxygens (including phenoxy) is 2. The maximum absolute atomic E-state index is 12.7. The van der Waals surface area contributed by atoms with Crippen LogP contribution in [0.2, 0.25) is 0 Å². The number of nitrogens with zero attached hydrogens (tertiary/aromatic N) is 2. The number of benzene rings is 2. The van der Waals surface area contributed by atoms with E-state index in [1.807, 2.05) is 6.07 Å². The normalized spacial score (nSPS) is 17.2. The molecular formula is C17H10N2O5S2. The number of thiocarbonyl (C=S) groups is 1. The summed E-state index contributed by atoms with van der Waals surface area (Å²) in [5.74, 6) is 1.02. The minimum Gasteiger partial charge on any atom is -0.454 e. The number of non-ortho nitro benzene ring substituents is 1. The van der Waals surface area contributed by atoms with Crippen LogP contribution in [0.5, 0.6) is 11.5 Å². The highest BCUT2D eigenvalue weighted by Crippen LogP contribution is 2.38. The molecule has 0 radical (unpaired) electrons. The van der Waals surface area contributed by atoms with Gasteiger partial charge in [0.25, 0.3) is 11.6 Å². The first-order chi connectivity index (χ1) is 12.5. The highest BCUT2D eigenvalue weighted by Gasteiger charge is 2.33. The number of fused-ring (bicyclic) bond motifs is 1. The molecule has 0 N–H and O–H groups in total.